The van der Waals surface area contributed by atoms with Crippen molar-refractivity contribution in [3.63, 3.8) is 0 Å². The number of benzene rings is 1. The monoisotopic (exact) mass is 236 g/mol. The predicted octanol–water partition coefficient (Wildman–Crippen LogP) is 2.11. The zero-order chi connectivity index (χ0) is 12.3. The largest absolute Gasteiger partial charge is 0.491 e. The summed E-state index contributed by atoms with van der Waals surface area (Å²) in [5, 5.41) is 8.88. The molecule has 0 saturated carbocycles. The number of nitrogens with zero attached hydrogens (tertiary/aromatic N) is 1. The van der Waals surface area contributed by atoms with Gasteiger partial charge in [0.05, 0.1) is 18.5 Å². The first kappa shape index (κ1) is 11.6. The lowest BCUT2D eigenvalue weighted by atomic mass is 10.1. The summed E-state index contributed by atoms with van der Waals surface area (Å²) in [7, 11) is 0. The summed E-state index contributed by atoms with van der Waals surface area (Å²) >= 11 is 0. The Balaban J connectivity index is 2.30. The first-order valence-corrected chi connectivity index (χ1v) is 5.32. The van der Waals surface area contributed by atoms with Gasteiger partial charge in [0.2, 0.25) is 0 Å². The quantitative estimate of drug-likeness (QED) is 0.854. The zero-order valence-electron chi connectivity index (χ0n) is 9.40. The van der Waals surface area contributed by atoms with Crippen molar-refractivity contribution in [2.24, 2.45) is 0 Å². The van der Waals surface area contributed by atoms with Crippen LogP contribution >= 0.6 is 0 Å². The molecule has 2 rings (SSSR count). The summed E-state index contributed by atoms with van der Waals surface area (Å²) in [4.78, 5) is 6.83. The number of imidazole rings is 1. The Labute approximate surface area is 98.1 Å². The minimum absolute atomic E-state index is 0.167. The molecule has 0 aliphatic carbocycles. The SMILES string of the molecule is CCOc1ccc(-c2cnc(CO)[nH]2)cc1F. The van der Waals surface area contributed by atoms with Gasteiger partial charge in [-0.3, -0.25) is 0 Å². The molecule has 0 aliphatic rings. The zero-order valence-corrected chi connectivity index (χ0v) is 9.40. The molecular weight excluding hydrogens is 223 g/mol. The first-order chi connectivity index (χ1) is 8.24. The van der Waals surface area contributed by atoms with Crippen LogP contribution in [-0.4, -0.2) is 21.7 Å². The van der Waals surface area contributed by atoms with Gasteiger partial charge in [0.25, 0.3) is 0 Å². The first-order valence-electron chi connectivity index (χ1n) is 5.32. The molecule has 0 amide bonds. The number of H-pyrrole nitrogens is 1. The van der Waals surface area contributed by atoms with Gasteiger partial charge >= 0.3 is 0 Å². The third-order valence-corrected chi connectivity index (χ3v) is 2.32. The van der Waals surface area contributed by atoms with Gasteiger partial charge in [0.15, 0.2) is 11.6 Å². The van der Waals surface area contributed by atoms with Crippen LogP contribution in [0.4, 0.5) is 4.39 Å². The Kier molecular flexibility index (Phi) is 3.39. The number of hydrogen-bond donors (Lipinski definition) is 2. The molecule has 0 unspecified atom stereocenters. The van der Waals surface area contributed by atoms with Gasteiger partial charge in [-0.15, -0.1) is 0 Å². The lowest BCUT2D eigenvalue weighted by molar-refractivity contribution is 0.272. The van der Waals surface area contributed by atoms with Crippen molar-refractivity contribution in [2.45, 2.75) is 13.5 Å². The highest BCUT2D eigenvalue weighted by Crippen LogP contribution is 2.24. The number of aromatic nitrogens is 2. The molecular formula is C12H13FN2O2. The number of ether oxygens (including phenoxy) is 1. The van der Waals surface area contributed by atoms with E-state index in [9.17, 15) is 4.39 Å². The van der Waals surface area contributed by atoms with E-state index in [0.29, 0.717) is 23.7 Å². The van der Waals surface area contributed by atoms with Crippen molar-refractivity contribution >= 4 is 0 Å². The number of aliphatic hydroxyl groups excluding tert-OH is 1. The van der Waals surface area contributed by atoms with Gasteiger partial charge in [0, 0.05) is 5.56 Å². The Morgan fingerprint density at radius 3 is 2.88 bits per heavy atom. The average Bonchev–Trinajstić information content (AvgIpc) is 2.80. The summed E-state index contributed by atoms with van der Waals surface area (Å²) in [6.45, 7) is 2.06. The fourth-order valence-corrected chi connectivity index (χ4v) is 1.53. The number of nitrogens with one attached hydrogen (secondary N) is 1. The van der Waals surface area contributed by atoms with E-state index < -0.39 is 5.82 Å². The van der Waals surface area contributed by atoms with E-state index in [4.69, 9.17) is 9.84 Å². The predicted molar refractivity (Wildman–Crippen MR) is 61.1 cm³/mol. The molecule has 1 heterocycles. The van der Waals surface area contributed by atoms with E-state index in [2.05, 4.69) is 9.97 Å². The molecule has 5 heteroatoms. The van der Waals surface area contributed by atoms with E-state index in [1.54, 1.807) is 25.3 Å². The molecule has 0 atom stereocenters. The van der Waals surface area contributed by atoms with Gasteiger partial charge in [-0.2, -0.15) is 0 Å². The molecule has 0 radical (unpaired) electrons. The van der Waals surface area contributed by atoms with Crippen LogP contribution in [0.15, 0.2) is 24.4 Å². The van der Waals surface area contributed by atoms with Crippen LogP contribution in [0.3, 0.4) is 0 Å². The maximum absolute atomic E-state index is 13.6. The number of hydrogen-bond acceptors (Lipinski definition) is 3. The van der Waals surface area contributed by atoms with E-state index in [1.807, 2.05) is 0 Å². The highest BCUT2D eigenvalue weighted by atomic mass is 19.1. The summed E-state index contributed by atoms with van der Waals surface area (Å²) < 4.78 is 18.7. The van der Waals surface area contributed by atoms with Crippen molar-refractivity contribution in [3.8, 4) is 17.0 Å². The molecule has 0 bridgehead atoms. The Morgan fingerprint density at radius 2 is 2.29 bits per heavy atom. The summed E-state index contributed by atoms with van der Waals surface area (Å²) in [6.07, 6.45) is 1.56. The van der Waals surface area contributed by atoms with Crippen LogP contribution in [0.5, 0.6) is 5.75 Å². The molecule has 0 aliphatic heterocycles. The maximum Gasteiger partial charge on any atom is 0.165 e. The summed E-state index contributed by atoms with van der Waals surface area (Å²) in [5.41, 5.74) is 1.33. The van der Waals surface area contributed by atoms with Crippen molar-refractivity contribution in [1.29, 1.82) is 0 Å². The fourth-order valence-electron chi connectivity index (χ4n) is 1.53. The Bertz CT molecular complexity index is 511. The van der Waals surface area contributed by atoms with Crippen LogP contribution in [0, 0.1) is 5.82 Å². The van der Waals surface area contributed by atoms with Crippen molar-refractivity contribution in [2.75, 3.05) is 6.61 Å². The molecule has 17 heavy (non-hydrogen) atoms. The molecule has 4 nitrogen and oxygen atoms in total. The van der Waals surface area contributed by atoms with Gasteiger partial charge < -0.3 is 14.8 Å². The van der Waals surface area contributed by atoms with Gasteiger partial charge in [-0.1, -0.05) is 0 Å². The molecule has 1 aromatic carbocycles. The summed E-state index contributed by atoms with van der Waals surface area (Å²) in [5.74, 6) is 0.275. The fraction of sp³-hybridized carbons (Fsp3) is 0.250. The van der Waals surface area contributed by atoms with Crippen LogP contribution < -0.4 is 4.74 Å². The second kappa shape index (κ2) is 4.97. The lowest BCUT2D eigenvalue weighted by Gasteiger charge is -2.05. The van der Waals surface area contributed by atoms with Crippen molar-refractivity contribution in [1.82, 2.24) is 9.97 Å². The van der Waals surface area contributed by atoms with Gasteiger partial charge in [-0.05, 0) is 25.1 Å². The molecule has 0 saturated heterocycles. The number of halogens is 1. The molecule has 0 spiro atoms. The van der Waals surface area contributed by atoms with Gasteiger partial charge in [-0.25, -0.2) is 9.37 Å². The summed E-state index contributed by atoms with van der Waals surface area (Å²) in [6, 6.07) is 4.69. The normalized spacial score (nSPS) is 10.5. The minimum atomic E-state index is -0.413. The van der Waals surface area contributed by atoms with Crippen LogP contribution in [0.2, 0.25) is 0 Å². The number of aliphatic hydroxyl groups is 1. The average molecular weight is 236 g/mol. The van der Waals surface area contributed by atoms with E-state index in [0.717, 1.165) is 0 Å². The van der Waals surface area contributed by atoms with E-state index >= 15 is 0 Å². The highest BCUT2D eigenvalue weighted by molar-refractivity contribution is 5.59. The van der Waals surface area contributed by atoms with E-state index in [1.165, 1.54) is 6.07 Å². The van der Waals surface area contributed by atoms with Crippen LogP contribution in [0.1, 0.15) is 12.7 Å². The third kappa shape index (κ3) is 2.45. The smallest absolute Gasteiger partial charge is 0.165 e. The highest BCUT2D eigenvalue weighted by Gasteiger charge is 2.07. The second-order valence-corrected chi connectivity index (χ2v) is 3.48. The second-order valence-electron chi connectivity index (χ2n) is 3.48. The van der Waals surface area contributed by atoms with E-state index in [-0.39, 0.29) is 12.4 Å². The number of aromatic amines is 1. The molecule has 1 aromatic heterocycles. The molecule has 2 N–H and O–H groups in total. The van der Waals surface area contributed by atoms with Gasteiger partial charge in [0.1, 0.15) is 12.4 Å². The molecule has 2 aromatic rings. The van der Waals surface area contributed by atoms with Crippen LogP contribution in [-0.2, 0) is 6.61 Å². The number of rotatable bonds is 4. The molecule has 0 fully saturated rings. The maximum atomic E-state index is 13.6. The minimum Gasteiger partial charge on any atom is -0.491 e. The third-order valence-electron chi connectivity index (χ3n) is 2.32. The standard InChI is InChI=1S/C12H13FN2O2/c1-2-17-11-4-3-8(5-9(11)13)10-6-14-12(7-16)15-10/h3-6,16H,2,7H2,1H3,(H,14,15). The van der Waals surface area contributed by atoms with Crippen LogP contribution in [0.25, 0.3) is 11.3 Å². The van der Waals surface area contributed by atoms with Crippen molar-refractivity contribution in [3.05, 3.63) is 36.0 Å². The molecule has 90 valence electrons. The topological polar surface area (TPSA) is 58.1 Å². The lowest BCUT2D eigenvalue weighted by Crippen LogP contribution is -1.94. The Hall–Kier alpha value is -1.88. The Morgan fingerprint density at radius 1 is 1.47 bits per heavy atom. The van der Waals surface area contributed by atoms with Crippen molar-refractivity contribution < 1.29 is 14.2 Å².